The van der Waals surface area contributed by atoms with Gasteiger partial charge in [0, 0.05) is 15.0 Å². The third-order valence-electron chi connectivity index (χ3n) is 3.08. The number of rotatable bonds is 5. The van der Waals surface area contributed by atoms with Crippen molar-refractivity contribution in [3.63, 3.8) is 0 Å². The maximum Gasteiger partial charge on any atom is 0.0372 e. The first-order valence-electron chi connectivity index (χ1n) is 6.43. The Labute approximate surface area is 131 Å². The van der Waals surface area contributed by atoms with E-state index in [2.05, 4.69) is 92.6 Å². The van der Waals surface area contributed by atoms with Crippen LogP contribution in [-0.2, 0) is 6.42 Å². The molecule has 1 N–H and O–H groups in total. The molecule has 3 heteroatoms. The minimum Gasteiger partial charge on any atom is -0.310 e. The van der Waals surface area contributed by atoms with Crippen molar-refractivity contribution in [2.45, 2.75) is 19.4 Å². The van der Waals surface area contributed by atoms with Crippen LogP contribution in [0.25, 0.3) is 0 Å². The van der Waals surface area contributed by atoms with Crippen molar-refractivity contribution in [3.8, 4) is 0 Å². The molecule has 0 radical (unpaired) electrons. The van der Waals surface area contributed by atoms with Crippen molar-refractivity contribution in [2.75, 3.05) is 6.54 Å². The molecule has 2 aromatic rings. The second-order valence-electron chi connectivity index (χ2n) is 4.46. The van der Waals surface area contributed by atoms with Crippen molar-refractivity contribution in [3.05, 3.63) is 68.6 Å². The van der Waals surface area contributed by atoms with Crippen LogP contribution in [0.2, 0.25) is 0 Å². The highest BCUT2D eigenvalue weighted by molar-refractivity contribution is 9.10. The maximum absolute atomic E-state index is 3.64. The molecule has 0 aliphatic heterocycles. The van der Waals surface area contributed by atoms with E-state index in [0.29, 0.717) is 6.04 Å². The van der Waals surface area contributed by atoms with Crippen molar-refractivity contribution in [1.82, 2.24) is 5.32 Å². The van der Waals surface area contributed by atoms with Gasteiger partial charge in [0.2, 0.25) is 0 Å². The molecule has 19 heavy (non-hydrogen) atoms. The summed E-state index contributed by atoms with van der Waals surface area (Å²) in [5, 5.41) is 3.56. The third-order valence-corrected chi connectivity index (χ3v) is 4.34. The fourth-order valence-electron chi connectivity index (χ4n) is 2.15. The highest BCUT2D eigenvalue weighted by atomic mass is 79.9. The van der Waals surface area contributed by atoms with Gasteiger partial charge in [-0.15, -0.1) is 0 Å². The average molecular weight is 383 g/mol. The molecule has 0 aliphatic rings. The lowest BCUT2D eigenvalue weighted by Crippen LogP contribution is -2.23. The van der Waals surface area contributed by atoms with Crippen LogP contribution in [0.1, 0.15) is 24.1 Å². The summed E-state index contributed by atoms with van der Waals surface area (Å²) in [5.74, 6) is 0. The lowest BCUT2D eigenvalue weighted by Gasteiger charge is -2.20. The zero-order valence-electron chi connectivity index (χ0n) is 10.9. The van der Waals surface area contributed by atoms with Crippen molar-refractivity contribution in [2.24, 2.45) is 0 Å². The molecule has 100 valence electrons. The zero-order chi connectivity index (χ0) is 13.7. The molecular weight excluding hydrogens is 366 g/mol. The average Bonchev–Trinajstić information content (AvgIpc) is 2.41. The minimum atomic E-state index is 0.335. The van der Waals surface area contributed by atoms with Gasteiger partial charge in [-0.2, -0.15) is 0 Å². The van der Waals surface area contributed by atoms with Crippen LogP contribution in [0, 0.1) is 0 Å². The van der Waals surface area contributed by atoms with Crippen LogP contribution in [0.4, 0.5) is 0 Å². The van der Waals surface area contributed by atoms with Gasteiger partial charge in [0.05, 0.1) is 0 Å². The lowest BCUT2D eigenvalue weighted by molar-refractivity contribution is 0.548. The number of hydrogen-bond donors (Lipinski definition) is 1. The predicted molar refractivity (Wildman–Crippen MR) is 88.4 cm³/mol. The number of benzene rings is 2. The van der Waals surface area contributed by atoms with Crippen LogP contribution in [0.5, 0.6) is 0 Å². The third kappa shape index (κ3) is 4.16. The summed E-state index contributed by atoms with van der Waals surface area (Å²) in [4.78, 5) is 0. The van der Waals surface area contributed by atoms with Crippen molar-refractivity contribution >= 4 is 31.9 Å². The van der Waals surface area contributed by atoms with Crippen LogP contribution in [-0.4, -0.2) is 6.54 Å². The second-order valence-corrected chi connectivity index (χ2v) is 6.23. The SMILES string of the molecule is CCNC(Cc1ccc(Br)cc1)c1ccccc1Br. The first-order chi connectivity index (χ1) is 9.20. The Morgan fingerprint density at radius 3 is 2.32 bits per heavy atom. The lowest BCUT2D eigenvalue weighted by atomic mass is 9.99. The van der Waals surface area contributed by atoms with E-state index in [9.17, 15) is 0 Å². The summed E-state index contributed by atoms with van der Waals surface area (Å²) < 4.78 is 2.29. The molecule has 0 heterocycles. The highest BCUT2D eigenvalue weighted by Crippen LogP contribution is 2.26. The molecule has 0 amide bonds. The fourth-order valence-corrected chi connectivity index (χ4v) is 2.98. The summed E-state index contributed by atoms with van der Waals surface area (Å²) in [7, 11) is 0. The Balaban J connectivity index is 2.21. The summed E-state index contributed by atoms with van der Waals surface area (Å²) in [6.07, 6.45) is 0.990. The van der Waals surface area contributed by atoms with Gasteiger partial charge < -0.3 is 5.32 Å². The molecule has 2 aromatic carbocycles. The normalized spacial score (nSPS) is 12.4. The minimum absolute atomic E-state index is 0.335. The first-order valence-corrected chi connectivity index (χ1v) is 8.01. The maximum atomic E-state index is 3.64. The standard InChI is InChI=1S/C16H17Br2N/c1-2-19-16(14-5-3-4-6-15(14)18)11-12-7-9-13(17)10-8-12/h3-10,16,19H,2,11H2,1H3. The van der Waals surface area contributed by atoms with Crippen LogP contribution in [0.3, 0.4) is 0 Å². The summed E-state index contributed by atoms with van der Waals surface area (Å²) in [5.41, 5.74) is 2.65. The van der Waals surface area contributed by atoms with Gasteiger partial charge in [-0.05, 0) is 42.3 Å². The number of nitrogens with one attached hydrogen (secondary N) is 1. The van der Waals surface area contributed by atoms with E-state index >= 15 is 0 Å². The van der Waals surface area contributed by atoms with Gasteiger partial charge >= 0.3 is 0 Å². The summed E-state index contributed by atoms with van der Waals surface area (Å²) in [6.45, 7) is 3.11. The zero-order valence-corrected chi connectivity index (χ0v) is 14.0. The van der Waals surface area contributed by atoms with Crippen LogP contribution >= 0.6 is 31.9 Å². The molecule has 1 nitrogen and oxygen atoms in total. The number of likely N-dealkylation sites (N-methyl/N-ethyl adjacent to an activating group) is 1. The van der Waals surface area contributed by atoms with Gasteiger partial charge in [-0.25, -0.2) is 0 Å². The summed E-state index contributed by atoms with van der Waals surface area (Å²) >= 11 is 7.12. The summed E-state index contributed by atoms with van der Waals surface area (Å²) in [6, 6.07) is 17.3. The molecule has 1 atom stereocenters. The van der Waals surface area contributed by atoms with E-state index in [4.69, 9.17) is 0 Å². The number of hydrogen-bond acceptors (Lipinski definition) is 1. The topological polar surface area (TPSA) is 12.0 Å². The van der Waals surface area contributed by atoms with Gasteiger partial charge in [0.1, 0.15) is 0 Å². The first kappa shape index (κ1) is 14.8. The van der Waals surface area contributed by atoms with Crippen LogP contribution in [0.15, 0.2) is 57.5 Å². The van der Waals surface area contributed by atoms with Gasteiger partial charge in [-0.3, -0.25) is 0 Å². The van der Waals surface area contributed by atoms with Gasteiger partial charge in [0.25, 0.3) is 0 Å². The largest absolute Gasteiger partial charge is 0.310 e. The highest BCUT2D eigenvalue weighted by Gasteiger charge is 2.13. The molecule has 0 spiro atoms. The molecule has 0 aromatic heterocycles. The molecule has 0 aliphatic carbocycles. The Hall–Kier alpha value is -0.640. The monoisotopic (exact) mass is 381 g/mol. The van der Waals surface area contributed by atoms with Gasteiger partial charge in [0.15, 0.2) is 0 Å². The van der Waals surface area contributed by atoms with E-state index < -0.39 is 0 Å². The van der Waals surface area contributed by atoms with E-state index in [-0.39, 0.29) is 0 Å². The molecule has 2 rings (SSSR count). The smallest absolute Gasteiger partial charge is 0.0372 e. The van der Waals surface area contributed by atoms with E-state index in [1.165, 1.54) is 11.1 Å². The number of halogens is 2. The van der Waals surface area contributed by atoms with E-state index in [1.807, 2.05) is 0 Å². The predicted octanol–water partition coefficient (Wildman–Crippen LogP) is 5.10. The molecule has 0 saturated heterocycles. The molecular formula is C16H17Br2N. The molecule has 0 saturated carbocycles. The van der Waals surface area contributed by atoms with Crippen molar-refractivity contribution < 1.29 is 0 Å². The van der Waals surface area contributed by atoms with Crippen LogP contribution < -0.4 is 5.32 Å². The Morgan fingerprint density at radius 1 is 1.00 bits per heavy atom. The van der Waals surface area contributed by atoms with E-state index in [0.717, 1.165) is 21.9 Å². The Bertz CT molecular complexity index is 523. The Kier molecular flexibility index (Phi) is 5.61. The Morgan fingerprint density at radius 2 is 1.68 bits per heavy atom. The van der Waals surface area contributed by atoms with Gasteiger partial charge in [-0.1, -0.05) is 69.1 Å². The van der Waals surface area contributed by atoms with E-state index in [1.54, 1.807) is 0 Å². The molecule has 1 unspecified atom stereocenters. The molecule has 0 fully saturated rings. The van der Waals surface area contributed by atoms with Crippen molar-refractivity contribution in [1.29, 1.82) is 0 Å². The molecule has 0 bridgehead atoms. The quantitative estimate of drug-likeness (QED) is 0.757. The second kappa shape index (κ2) is 7.22. The fraction of sp³-hybridized carbons (Fsp3) is 0.250.